The van der Waals surface area contributed by atoms with Crippen molar-refractivity contribution in [1.29, 1.82) is 0 Å². The van der Waals surface area contributed by atoms with Crippen LogP contribution in [0.15, 0.2) is 39.1 Å². The van der Waals surface area contributed by atoms with E-state index in [1.54, 1.807) is 0 Å². The van der Waals surface area contributed by atoms with Gasteiger partial charge in [-0.1, -0.05) is 12.1 Å². The van der Waals surface area contributed by atoms with Crippen LogP contribution in [0.5, 0.6) is 0 Å². The average molecular weight is 306 g/mol. The topological polar surface area (TPSA) is 113 Å². The van der Waals surface area contributed by atoms with Crippen LogP contribution in [0, 0.1) is 0 Å². The van der Waals surface area contributed by atoms with Gasteiger partial charge in [0.15, 0.2) is 5.17 Å². The number of nitrogens with two attached hydrogens (primary N) is 1. The summed E-state index contributed by atoms with van der Waals surface area (Å²) in [7, 11) is -4.45. The van der Waals surface area contributed by atoms with Crippen molar-refractivity contribution in [2.24, 2.45) is 10.7 Å². The van der Waals surface area contributed by atoms with E-state index in [0.29, 0.717) is 10.5 Å². The molecule has 1 aromatic rings. The monoisotopic (exact) mass is 306 g/mol. The summed E-state index contributed by atoms with van der Waals surface area (Å²) in [5, 5.41) is 0.171. The maximum Gasteiger partial charge on any atom is 1.00 e. The fourth-order valence-electron chi connectivity index (χ4n) is 1.31. The summed E-state index contributed by atoms with van der Waals surface area (Å²) in [4.78, 5) is 14.9. The van der Waals surface area contributed by atoms with E-state index in [1.807, 2.05) is 0 Å². The third-order valence-corrected chi connectivity index (χ3v) is 3.77. The average Bonchev–Trinajstić information content (AvgIpc) is 2.57. The van der Waals surface area contributed by atoms with Crippen LogP contribution in [0.25, 0.3) is 6.08 Å². The molecule has 0 atom stereocenters. The van der Waals surface area contributed by atoms with Crippen LogP contribution < -0.4 is 35.3 Å². The number of carbonyl (C=O) groups is 1. The number of carbonyl (C=O) groups excluding carboxylic acids is 1. The van der Waals surface area contributed by atoms with Gasteiger partial charge in [0.1, 0.15) is 10.1 Å². The maximum absolute atomic E-state index is 11.3. The Bertz CT molecular complexity index is 665. The van der Waals surface area contributed by atoms with Gasteiger partial charge in [-0.05, 0) is 35.5 Å². The molecule has 0 unspecified atom stereocenters. The van der Waals surface area contributed by atoms with E-state index in [1.165, 1.54) is 30.3 Å². The molecule has 0 radical (unpaired) electrons. The quantitative estimate of drug-likeness (QED) is 0.368. The van der Waals surface area contributed by atoms with E-state index >= 15 is 0 Å². The molecule has 0 spiro atoms. The summed E-state index contributed by atoms with van der Waals surface area (Å²) in [6.07, 6.45) is 1.53. The summed E-state index contributed by atoms with van der Waals surface area (Å²) in [6, 6.07) is 5.23. The minimum absolute atomic E-state index is 0. The van der Waals surface area contributed by atoms with Gasteiger partial charge in [-0.2, -0.15) is 4.99 Å². The van der Waals surface area contributed by atoms with Crippen molar-refractivity contribution in [2.45, 2.75) is 4.90 Å². The summed E-state index contributed by atoms with van der Waals surface area (Å²) >= 11 is 1.04. The molecule has 0 saturated heterocycles. The predicted octanol–water partition coefficient (Wildman–Crippen LogP) is -2.48. The Kier molecular flexibility index (Phi) is 5.36. The second-order valence-corrected chi connectivity index (χ2v) is 5.83. The van der Waals surface area contributed by atoms with Crippen molar-refractivity contribution >= 4 is 39.0 Å². The van der Waals surface area contributed by atoms with E-state index in [-0.39, 0.29) is 39.6 Å². The molecule has 6 nitrogen and oxygen atoms in total. The van der Waals surface area contributed by atoms with E-state index in [4.69, 9.17) is 5.73 Å². The van der Waals surface area contributed by atoms with E-state index in [0.717, 1.165) is 11.8 Å². The predicted molar refractivity (Wildman–Crippen MR) is 66.6 cm³/mol. The van der Waals surface area contributed by atoms with Crippen molar-refractivity contribution in [2.75, 3.05) is 0 Å². The van der Waals surface area contributed by atoms with Gasteiger partial charge in [0.25, 0.3) is 5.91 Å². The molecule has 0 aliphatic carbocycles. The first kappa shape index (κ1) is 16.4. The van der Waals surface area contributed by atoms with Gasteiger partial charge in [-0.25, -0.2) is 8.42 Å². The molecule has 1 heterocycles. The number of hydrogen-bond acceptors (Lipinski definition) is 6. The number of thioether (sulfide) groups is 1. The molecule has 1 amide bonds. The smallest absolute Gasteiger partial charge is 0.744 e. The Balaban J connectivity index is 0.00000180. The normalized spacial score (nSPS) is 17.2. The maximum atomic E-state index is 11.3. The Morgan fingerprint density at radius 3 is 2.26 bits per heavy atom. The van der Waals surface area contributed by atoms with Gasteiger partial charge in [-0.15, -0.1) is 0 Å². The molecule has 94 valence electrons. The van der Waals surface area contributed by atoms with Crippen molar-refractivity contribution in [1.82, 2.24) is 0 Å². The molecule has 1 aliphatic rings. The van der Waals surface area contributed by atoms with Gasteiger partial charge in [0.2, 0.25) is 0 Å². The summed E-state index contributed by atoms with van der Waals surface area (Å²) in [5.41, 5.74) is 5.97. The number of amidine groups is 1. The number of aliphatic imine (C=N–C) groups is 1. The van der Waals surface area contributed by atoms with Gasteiger partial charge < -0.3 is 10.3 Å². The molecular formula is C10H7N2NaO4S2. The zero-order valence-electron chi connectivity index (χ0n) is 9.86. The Labute approximate surface area is 136 Å². The largest absolute Gasteiger partial charge is 1.00 e. The summed E-state index contributed by atoms with van der Waals surface area (Å²) in [5.74, 6) is -0.432. The van der Waals surface area contributed by atoms with Gasteiger partial charge in [0.05, 0.1) is 9.80 Å². The fourth-order valence-corrected chi connectivity index (χ4v) is 2.46. The second-order valence-electron chi connectivity index (χ2n) is 3.39. The first-order valence-electron chi connectivity index (χ1n) is 4.70. The van der Waals surface area contributed by atoms with Crippen LogP contribution in [0.2, 0.25) is 0 Å². The van der Waals surface area contributed by atoms with Gasteiger partial charge >= 0.3 is 29.6 Å². The molecule has 9 heteroatoms. The SMILES string of the molecule is NC1=NC(=O)/C(=C\c2ccc(S(=O)(=O)[O-])cc2)S1.[Na+]. The molecule has 0 aromatic heterocycles. The third kappa shape index (κ3) is 4.16. The third-order valence-electron chi connectivity index (χ3n) is 2.10. The van der Waals surface area contributed by atoms with Crippen LogP contribution in [0.3, 0.4) is 0 Å². The van der Waals surface area contributed by atoms with Crippen LogP contribution in [-0.4, -0.2) is 24.0 Å². The zero-order valence-corrected chi connectivity index (χ0v) is 13.5. The zero-order chi connectivity index (χ0) is 13.3. The number of hydrogen-bond donors (Lipinski definition) is 1. The van der Waals surface area contributed by atoms with Crippen LogP contribution in [0.4, 0.5) is 0 Å². The standard InChI is InChI=1S/C10H8N2O4S2.Na/c11-10-12-9(13)8(17-10)5-6-1-3-7(4-2-6)18(14,15)16;/h1-5H,(H2,11,12,13)(H,14,15,16);/q;+1/p-1/b8-5+;. The van der Waals surface area contributed by atoms with E-state index < -0.39 is 16.0 Å². The molecule has 0 fully saturated rings. The van der Waals surface area contributed by atoms with Crippen molar-refractivity contribution in [3.63, 3.8) is 0 Å². The minimum atomic E-state index is -4.45. The fraction of sp³-hybridized carbons (Fsp3) is 0. The van der Waals surface area contributed by atoms with Crippen LogP contribution >= 0.6 is 11.8 Å². The minimum Gasteiger partial charge on any atom is -0.744 e. The molecule has 1 aromatic carbocycles. The first-order chi connectivity index (χ1) is 8.36. The summed E-state index contributed by atoms with van der Waals surface area (Å²) in [6.45, 7) is 0. The molecule has 2 rings (SSSR count). The van der Waals surface area contributed by atoms with Crippen molar-refractivity contribution < 1.29 is 47.3 Å². The number of amides is 1. The van der Waals surface area contributed by atoms with Gasteiger partial charge in [-0.3, -0.25) is 4.79 Å². The molecule has 0 saturated carbocycles. The number of benzene rings is 1. The second kappa shape index (κ2) is 6.21. The van der Waals surface area contributed by atoms with Crippen molar-refractivity contribution in [3.05, 3.63) is 34.7 Å². The molecule has 1 aliphatic heterocycles. The first-order valence-corrected chi connectivity index (χ1v) is 6.93. The number of rotatable bonds is 2. The Morgan fingerprint density at radius 2 is 1.84 bits per heavy atom. The van der Waals surface area contributed by atoms with Crippen LogP contribution in [0.1, 0.15) is 5.56 Å². The van der Waals surface area contributed by atoms with Crippen LogP contribution in [-0.2, 0) is 14.9 Å². The Hall–Kier alpha value is -0.640. The molecule has 19 heavy (non-hydrogen) atoms. The van der Waals surface area contributed by atoms with Gasteiger partial charge in [0, 0.05) is 0 Å². The number of nitrogens with zero attached hydrogens (tertiary/aromatic N) is 1. The molecular weight excluding hydrogens is 299 g/mol. The summed E-state index contributed by atoms with van der Waals surface area (Å²) < 4.78 is 32.2. The molecule has 0 bridgehead atoms. The Morgan fingerprint density at radius 1 is 1.26 bits per heavy atom. The van der Waals surface area contributed by atoms with Crippen molar-refractivity contribution in [3.8, 4) is 0 Å². The molecule has 2 N–H and O–H groups in total. The van der Waals surface area contributed by atoms with E-state index in [2.05, 4.69) is 4.99 Å². The van der Waals surface area contributed by atoms with E-state index in [9.17, 15) is 17.8 Å².